The fourth-order valence-electron chi connectivity index (χ4n) is 4.60. The first-order valence-corrected chi connectivity index (χ1v) is 10.5. The zero-order chi connectivity index (χ0) is 18.6. The Hall–Kier alpha value is -2.01. The van der Waals surface area contributed by atoms with Gasteiger partial charge >= 0.3 is 0 Å². The maximum Gasteiger partial charge on any atom is 0.267 e. The van der Waals surface area contributed by atoms with Gasteiger partial charge in [0, 0.05) is 36.1 Å². The number of nitrogens with zero attached hydrogens (tertiary/aromatic N) is 3. The molecule has 2 aliphatic carbocycles. The zero-order valence-electron chi connectivity index (χ0n) is 16.2. The van der Waals surface area contributed by atoms with E-state index in [1.807, 2.05) is 12.1 Å². The summed E-state index contributed by atoms with van der Waals surface area (Å²) in [4.78, 5) is 16.6. The molecule has 4 rings (SSSR count). The van der Waals surface area contributed by atoms with E-state index in [2.05, 4.69) is 22.3 Å². The Morgan fingerprint density at radius 1 is 0.963 bits per heavy atom. The first-order valence-electron chi connectivity index (χ1n) is 10.5. The second kappa shape index (κ2) is 8.34. The molecule has 0 aromatic carbocycles. The fraction of sp³-hybridized carbons (Fsp3) is 0.591. The smallest absolute Gasteiger partial charge is 0.267 e. The summed E-state index contributed by atoms with van der Waals surface area (Å²) < 4.78 is 1.71. The third kappa shape index (κ3) is 4.46. The summed E-state index contributed by atoms with van der Waals surface area (Å²) in [7, 11) is 0. The van der Waals surface area contributed by atoms with E-state index in [1.54, 1.807) is 29.2 Å². The largest absolute Gasteiger partial charge is 0.311 e. The lowest BCUT2D eigenvalue weighted by Gasteiger charge is -2.35. The van der Waals surface area contributed by atoms with Gasteiger partial charge in [-0.3, -0.25) is 9.78 Å². The normalized spacial score (nSPS) is 28.8. The third-order valence-corrected chi connectivity index (χ3v) is 6.31. The van der Waals surface area contributed by atoms with E-state index >= 15 is 0 Å². The molecular weight excluding hydrogens is 336 g/mol. The highest BCUT2D eigenvalue weighted by molar-refractivity contribution is 5.56. The number of aromatic nitrogens is 3. The average molecular weight is 367 g/mol. The van der Waals surface area contributed by atoms with E-state index < -0.39 is 0 Å². The van der Waals surface area contributed by atoms with E-state index in [1.165, 1.54) is 25.7 Å². The van der Waals surface area contributed by atoms with Gasteiger partial charge in [-0.15, -0.1) is 0 Å². The zero-order valence-corrected chi connectivity index (χ0v) is 16.2. The van der Waals surface area contributed by atoms with Crippen molar-refractivity contribution in [1.29, 1.82) is 0 Å². The van der Waals surface area contributed by atoms with Crippen LogP contribution in [0.15, 0.2) is 41.5 Å². The molecule has 0 saturated heterocycles. The van der Waals surface area contributed by atoms with Gasteiger partial charge in [-0.1, -0.05) is 6.92 Å². The Morgan fingerprint density at radius 3 is 2.33 bits per heavy atom. The predicted octanol–water partition coefficient (Wildman–Crippen LogP) is 3.96. The van der Waals surface area contributed by atoms with Gasteiger partial charge in [-0.05, 0) is 75.5 Å². The van der Waals surface area contributed by atoms with Crippen molar-refractivity contribution < 1.29 is 0 Å². The number of pyridine rings is 1. The lowest BCUT2D eigenvalue weighted by molar-refractivity contribution is 0.227. The van der Waals surface area contributed by atoms with E-state index in [-0.39, 0.29) is 11.6 Å². The second-order valence-corrected chi connectivity index (χ2v) is 8.37. The second-order valence-electron chi connectivity index (χ2n) is 8.37. The lowest BCUT2D eigenvalue weighted by Crippen LogP contribution is -2.43. The van der Waals surface area contributed by atoms with Crippen LogP contribution in [0.4, 0.5) is 0 Å². The number of hydrogen-bond acceptors (Lipinski definition) is 4. The molecule has 0 bridgehead atoms. The molecule has 0 aliphatic heterocycles. The van der Waals surface area contributed by atoms with Gasteiger partial charge in [0.05, 0.1) is 11.7 Å². The van der Waals surface area contributed by atoms with Crippen LogP contribution in [0.25, 0.3) is 11.3 Å². The van der Waals surface area contributed by atoms with E-state index in [9.17, 15) is 4.79 Å². The third-order valence-electron chi connectivity index (χ3n) is 6.31. The van der Waals surface area contributed by atoms with Gasteiger partial charge in [-0.2, -0.15) is 5.10 Å². The Bertz CT molecular complexity index is 787. The van der Waals surface area contributed by atoms with Gasteiger partial charge < -0.3 is 5.32 Å². The van der Waals surface area contributed by atoms with Gasteiger partial charge in [-0.25, -0.2) is 4.68 Å². The van der Waals surface area contributed by atoms with Gasteiger partial charge in [0.2, 0.25) is 0 Å². The van der Waals surface area contributed by atoms with Crippen LogP contribution in [0.5, 0.6) is 0 Å². The van der Waals surface area contributed by atoms with Crippen molar-refractivity contribution in [3.63, 3.8) is 0 Å². The number of hydrogen-bond donors (Lipinski definition) is 1. The lowest BCUT2D eigenvalue weighted by atomic mass is 9.85. The summed E-state index contributed by atoms with van der Waals surface area (Å²) in [5.74, 6) is 0.892. The monoisotopic (exact) mass is 366 g/mol. The van der Waals surface area contributed by atoms with Crippen LogP contribution < -0.4 is 10.9 Å². The van der Waals surface area contributed by atoms with Crippen LogP contribution in [-0.2, 0) is 0 Å². The van der Waals surface area contributed by atoms with Gasteiger partial charge in [0.25, 0.3) is 5.56 Å². The standard InChI is InChI=1S/C22H30N4O/c1-16-4-6-18(7-5-16)24-19-8-10-20(11-9-19)26-22(27)13-12-21(25-26)17-3-2-14-23-15-17/h2-3,12-16,18-20,24H,4-11H2,1H3. The SMILES string of the molecule is CC1CCC(NC2CCC(n3nc(-c4cccnc4)ccc3=O)CC2)CC1. The molecule has 2 aromatic heterocycles. The molecule has 2 fully saturated rings. The minimum absolute atomic E-state index is 0.000294. The van der Waals surface area contributed by atoms with E-state index in [0.717, 1.165) is 42.9 Å². The minimum atomic E-state index is 0.000294. The van der Waals surface area contributed by atoms with Crippen LogP contribution in [0.3, 0.4) is 0 Å². The van der Waals surface area contributed by atoms with Crippen LogP contribution in [0.2, 0.25) is 0 Å². The maximum absolute atomic E-state index is 12.4. The molecule has 0 atom stereocenters. The molecule has 2 aromatic rings. The van der Waals surface area contributed by atoms with Crippen LogP contribution >= 0.6 is 0 Å². The maximum atomic E-state index is 12.4. The summed E-state index contributed by atoms with van der Waals surface area (Å²) in [5.41, 5.74) is 1.77. The molecule has 0 radical (unpaired) electrons. The quantitative estimate of drug-likeness (QED) is 0.890. The molecule has 2 heterocycles. The van der Waals surface area contributed by atoms with Gasteiger partial charge in [0.1, 0.15) is 0 Å². The van der Waals surface area contributed by atoms with Gasteiger partial charge in [0.15, 0.2) is 0 Å². The molecule has 1 N–H and O–H groups in total. The van der Waals surface area contributed by atoms with Crippen molar-refractivity contribution in [3.05, 3.63) is 47.0 Å². The summed E-state index contributed by atoms with van der Waals surface area (Å²) in [5, 5.41) is 8.55. The number of nitrogens with one attached hydrogen (secondary N) is 1. The van der Waals surface area contributed by atoms with Crippen molar-refractivity contribution in [1.82, 2.24) is 20.1 Å². The summed E-state index contributed by atoms with van der Waals surface area (Å²) in [6, 6.07) is 8.81. The Labute approximate surface area is 161 Å². The molecule has 27 heavy (non-hydrogen) atoms. The molecule has 2 saturated carbocycles. The minimum Gasteiger partial charge on any atom is -0.311 e. The Kier molecular flexibility index (Phi) is 5.67. The Morgan fingerprint density at radius 2 is 1.67 bits per heavy atom. The average Bonchev–Trinajstić information content (AvgIpc) is 2.71. The molecule has 5 heteroatoms. The van der Waals surface area contributed by atoms with E-state index in [4.69, 9.17) is 0 Å². The highest BCUT2D eigenvalue weighted by Gasteiger charge is 2.27. The Balaban J connectivity index is 1.39. The first kappa shape index (κ1) is 18.4. The molecular formula is C22H30N4O. The molecule has 0 unspecified atom stereocenters. The molecule has 144 valence electrons. The van der Waals surface area contributed by atoms with Crippen molar-refractivity contribution in [2.45, 2.75) is 76.4 Å². The topological polar surface area (TPSA) is 59.8 Å². The molecule has 0 spiro atoms. The van der Waals surface area contributed by atoms with Crippen LogP contribution in [-0.4, -0.2) is 26.8 Å². The predicted molar refractivity (Wildman–Crippen MR) is 108 cm³/mol. The fourth-order valence-corrected chi connectivity index (χ4v) is 4.60. The number of rotatable bonds is 4. The van der Waals surface area contributed by atoms with Crippen molar-refractivity contribution in [2.75, 3.05) is 0 Å². The van der Waals surface area contributed by atoms with Crippen molar-refractivity contribution >= 4 is 0 Å². The first-order chi connectivity index (χ1) is 13.2. The highest BCUT2D eigenvalue weighted by atomic mass is 16.1. The summed E-state index contributed by atoms with van der Waals surface area (Å²) in [6.07, 6.45) is 13.2. The molecule has 0 amide bonds. The van der Waals surface area contributed by atoms with E-state index in [0.29, 0.717) is 12.1 Å². The van der Waals surface area contributed by atoms with Crippen molar-refractivity contribution in [2.24, 2.45) is 5.92 Å². The van der Waals surface area contributed by atoms with Crippen molar-refractivity contribution in [3.8, 4) is 11.3 Å². The molecule has 5 nitrogen and oxygen atoms in total. The highest BCUT2D eigenvalue weighted by Crippen LogP contribution is 2.30. The summed E-state index contributed by atoms with van der Waals surface area (Å²) in [6.45, 7) is 2.37. The van der Waals surface area contributed by atoms with Crippen LogP contribution in [0.1, 0.15) is 64.3 Å². The van der Waals surface area contributed by atoms with Crippen LogP contribution in [0, 0.1) is 5.92 Å². The molecule has 2 aliphatic rings. The summed E-state index contributed by atoms with van der Waals surface area (Å²) >= 11 is 0.